The Hall–Kier alpha value is -2.50. The summed E-state index contributed by atoms with van der Waals surface area (Å²) in [7, 11) is 0. The fourth-order valence-electron chi connectivity index (χ4n) is 2.61. The fourth-order valence-corrected chi connectivity index (χ4v) is 3.37. The minimum absolute atomic E-state index is 0.267. The number of halogens is 2. The maximum atomic E-state index is 13.3. The molecule has 6 heteroatoms. The highest BCUT2D eigenvalue weighted by atomic mass is 35.5. The van der Waals surface area contributed by atoms with Crippen LogP contribution in [0, 0.1) is 5.82 Å². The van der Waals surface area contributed by atoms with Crippen molar-refractivity contribution < 1.29 is 4.39 Å². The Balaban J connectivity index is 1.80. The highest BCUT2D eigenvalue weighted by Crippen LogP contribution is 2.25. The van der Waals surface area contributed by atoms with Gasteiger partial charge in [0.1, 0.15) is 11.6 Å². The van der Waals surface area contributed by atoms with E-state index in [-0.39, 0.29) is 5.82 Å². The molecule has 0 radical (unpaired) electrons. The molecule has 4 aromatic rings. The van der Waals surface area contributed by atoms with E-state index in [4.69, 9.17) is 16.6 Å². The first kappa shape index (κ1) is 16.0. The Morgan fingerprint density at radius 1 is 1.04 bits per heavy atom. The summed E-state index contributed by atoms with van der Waals surface area (Å²) in [5.41, 5.74) is 2.70. The van der Waals surface area contributed by atoms with Crippen molar-refractivity contribution >= 4 is 22.9 Å². The second kappa shape index (κ2) is 6.78. The van der Waals surface area contributed by atoms with E-state index in [2.05, 4.69) is 4.98 Å². The maximum Gasteiger partial charge on any atom is 0.144 e. The van der Waals surface area contributed by atoms with Gasteiger partial charge in [-0.25, -0.2) is 14.4 Å². The van der Waals surface area contributed by atoms with E-state index in [1.54, 1.807) is 29.7 Å². The van der Waals surface area contributed by atoms with E-state index in [0.29, 0.717) is 11.4 Å². The maximum absolute atomic E-state index is 13.3. The van der Waals surface area contributed by atoms with Crippen molar-refractivity contribution in [1.82, 2.24) is 14.5 Å². The summed E-state index contributed by atoms with van der Waals surface area (Å²) in [6.45, 7) is 0. The minimum Gasteiger partial charge on any atom is -0.300 e. The van der Waals surface area contributed by atoms with Crippen molar-refractivity contribution in [3.63, 3.8) is 0 Å². The van der Waals surface area contributed by atoms with Crippen molar-refractivity contribution in [3.05, 3.63) is 87.8 Å². The van der Waals surface area contributed by atoms with Crippen LogP contribution in [0.3, 0.4) is 0 Å². The summed E-state index contributed by atoms with van der Waals surface area (Å²) in [5.74, 6) is 0.491. The summed E-state index contributed by atoms with van der Waals surface area (Å²) in [6, 6.07) is 13.9. The molecule has 3 nitrogen and oxygen atoms in total. The van der Waals surface area contributed by atoms with Crippen LogP contribution >= 0.6 is 22.9 Å². The van der Waals surface area contributed by atoms with Gasteiger partial charge in [-0.2, -0.15) is 0 Å². The first-order chi connectivity index (χ1) is 12.2. The first-order valence-corrected chi connectivity index (χ1v) is 8.93. The van der Waals surface area contributed by atoms with E-state index in [0.717, 1.165) is 27.8 Å². The zero-order valence-corrected chi connectivity index (χ0v) is 14.6. The number of benzene rings is 2. The lowest BCUT2D eigenvalue weighted by atomic mass is 10.2. The number of rotatable bonds is 4. The number of thiazole rings is 1. The summed E-state index contributed by atoms with van der Waals surface area (Å²) >= 11 is 7.60. The van der Waals surface area contributed by atoms with Gasteiger partial charge in [-0.1, -0.05) is 11.6 Å². The highest BCUT2D eigenvalue weighted by molar-refractivity contribution is 7.09. The zero-order chi connectivity index (χ0) is 17.2. The zero-order valence-electron chi connectivity index (χ0n) is 13.1. The van der Waals surface area contributed by atoms with Crippen molar-refractivity contribution in [2.45, 2.75) is 6.42 Å². The monoisotopic (exact) mass is 369 g/mol. The lowest BCUT2D eigenvalue weighted by Gasteiger charge is -2.08. The van der Waals surface area contributed by atoms with E-state index in [9.17, 15) is 4.39 Å². The van der Waals surface area contributed by atoms with Crippen LogP contribution in [0.25, 0.3) is 17.1 Å². The van der Waals surface area contributed by atoms with E-state index in [1.807, 2.05) is 40.4 Å². The molecule has 0 atom stereocenters. The normalized spacial score (nSPS) is 11.0. The van der Waals surface area contributed by atoms with Crippen molar-refractivity contribution in [2.75, 3.05) is 0 Å². The topological polar surface area (TPSA) is 30.7 Å². The quantitative estimate of drug-likeness (QED) is 0.483. The molecule has 0 saturated carbocycles. The van der Waals surface area contributed by atoms with E-state index in [1.165, 1.54) is 12.1 Å². The van der Waals surface area contributed by atoms with Gasteiger partial charge >= 0.3 is 0 Å². The van der Waals surface area contributed by atoms with Crippen molar-refractivity contribution in [2.24, 2.45) is 0 Å². The molecule has 0 aliphatic heterocycles. The molecular formula is C19H13ClFN3S. The third-order valence-electron chi connectivity index (χ3n) is 3.78. The Kier molecular flexibility index (Phi) is 4.34. The Labute approximate surface area is 153 Å². The third kappa shape index (κ3) is 3.48. The van der Waals surface area contributed by atoms with Gasteiger partial charge in [-0.15, -0.1) is 11.3 Å². The van der Waals surface area contributed by atoms with Gasteiger partial charge in [0.15, 0.2) is 0 Å². The van der Waals surface area contributed by atoms with Gasteiger partial charge in [0, 0.05) is 40.5 Å². The lowest BCUT2D eigenvalue weighted by molar-refractivity contribution is 0.628. The predicted molar refractivity (Wildman–Crippen MR) is 98.9 cm³/mol. The van der Waals surface area contributed by atoms with Crippen molar-refractivity contribution in [3.8, 4) is 17.1 Å². The van der Waals surface area contributed by atoms with Gasteiger partial charge in [0.05, 0.1) is 10.7 Å². The number of hydrogen-bond donors (Lipinski definition) is 0. The molecule has 2 aromatic carbocycles. The minimum atomic E-state index is -0.267. The number of nitrogens with zero attached hydrogens (tertiary/aromatic N) is 3. The molecule has 0 unspecified atom stereocenters. The number of aromatic nitrogens is 3. The molecule has 2 heterocycles. The average molecular weight is 370 g/mol. The second-order valence-electron chi connectivity index (χ2n) is 5.51. The van der Waals surface area contributed by atoms with Crippen LogP contribution in [-0.4, -0.2) is 14.5 Å². The second-order valence-corrected chi connectivity index (χ2v) is 6.93. The lowest BCUT2D eigenvalue weighted by Crippen LogP contribution is -1.96. The standard InChI is InChI=1S/C19H13ClFN3S/c20-14-3-7-17(8-4-14)24-12-16(11-18-22-9-10-25-18)23-19(24)13-1-5-15(21)6-2-13/h1-10,12H,11H2. The molecule has 0 aliphatic rings. The molecule has 0 aliphatic carbocycles. The Morgan fingerprint density at radius 2 is 1.80 bits per heavy atom. The van der Waals surface area contributed by atoms with Gasteiger partial charge in [-0.3, -0.25) is 4.57 Å². The number of hydrogen-bond acceptors (Lipinski definition) is 3. The van der Waals surface area contributed by atoms with Crippen LogP contribution in [0.2, 0.25) is 5.02 Å². The Bertz CT molecular complexity index is 914. The van der Waals surface area contributed by atoms with Crippen LogP contribution in [-0.2, 0) is 6.42 Å². The fraction of sp³-hybridized carbons (Fsp3) is 0.0526. The first-order valence-electron chi connectivity index (χ1n) is 7.67. The molecule has 2 aromatic heterocycles. The molecule has 0 amide bonds. The Morgan fingerprint density at radius 3 is 2.48 bits per heavy atom. The van der Waals surface area contributed by atoms with E-state index < -0.39 is 0 Å². The van der Waals surface area contributed by atoms with Gasteiger partial charge in [0.25, 0.3) is 0 Å². The van der Waals surface area contributed by atoms with Crippen LogP contribution in [0.1, 0.15) is 10.7 Å². The third-order valence-corrected chi connectivity index (χ3v) is 4.81. The summed E-state index contributed by atoms with van der Waals surface area (Å²) < 4.78 is 15.3. The van der Waals surface area contributed by atoms with Crippen molar-refractivity contribution in [1.29, 1.82) is 0 Å². The molecule has 0 fully saturated rings. The molecule has 4 rings (SSSR count). The van der Waals surface area contributed by atoms with Gasteiger partial charge in [0.2, 0.25) is 0 Å². The van der Waals surface area contributed by atoms with Crippen LogP contribution < -0.4 is 0 Å². The smallest absolute Gasteiger partial charge is 0.144 e. The molecule has 124 valence electrons. The molecular weight excluding hydrogens is 357 g/mol. The van der Waals surface area contributed by atoms with Crippen LogP contribution in [0.4, 0.5) is 4.39 Å². The highest BCUT2D eigenvalue weighted by Gasteiger charge is 2.13. The molecule has 0 bridgehead atoms. The summed E-state index contributed by atoms with van der Waals surface area (Å²) in [4.78, 5) is 9.08. The molecule has 25 heavy (non-hydrogen) atoms. The van der Waals surface area contributed by atoms with Gasteiger partial charge < -0.3 is 0 Å². The molecule has 0 N–H and O–H groups in total. The average Bonchev–Trinajstić information content (AvgIpc) is 3.27. The predicted octanol–water partition coefficient (Wildman–Crippen LogP) is 5.38. The summed E-state index contributed by atoms with van der Waals surface area (Å²) in [5, 5.41) is 3.63. The largest absolute Gasteiger partial charge is 0.300 e. The van der Waals surface area contributed by atoms with E-state index >= 15 is 0 Å². The molecule has 0 saturated heterocycles. The van der Waals surface area contributed by atoms with Crippen LogP contribution in [0.5, 0.6) is 0 Å². The number of imidazole rings is 1. The van der Waals surface area contributed by atoms with Gasteiger partial charge in [-0.05, 0) is 48.5 Å². The SMILES string of the molecule is Fc1ccc(-c2nc(Cc3nccs3)cn2-c2ccc(Cl)cc2)cc1. The van der Waals surface area contributed by atoms with Crippen LogP contribution in [0.15, 0.2) is 66.3 Å². The molecule has 0 spiro atoms. The summed E-state index contributed by atoms with van der Waals surface area (Å²) in [6.07, 6.45) is 4.44.